The van der Waals surface area contributed by atoms with Gasteiger partial charge in [0.25, 0.3) is 5.91 Å². The highest BCUT2D eigenvalue weighted by atomic mass is 16.5. The predicted molar refractivity (Wildman–Crippen MR) is 96.6 cm³/mol. The summed E-state index contributed by atoms with van der Waals surface area (Å²) in [7, 11) is 0. The average Bonchev–Trinajstić information content (AvgIpc) is 2.50. The molecule has 4 bridgehead atoms. The van der Waals surface area contributed by atoms with Crippen LogP contribution >= 0.6 is 0 Å². The summed E-state index contributed by atoms with van der Waals surface area (Å²) in [4.78, 5) is 12.8. The Kier molecular flexibility index (Phi) is 3.91. The molecule has 0 spiro atoms. The molecule has 2 unspecified atom stereocenters. The number of carbonyl (C=O) groups excluding carboxylic acids is 1. The molecule has 5 rings (SSSR count). The van der Waals surface area contributed by atoms with E-state index in [2.05, 4.69) is 11.9 Å². The molecule has 0 heterocycles. The van der Waals surface area contributed by atoms with Gasteiger partial charge in [0.05, 0.1) is 5.60 Å². The molecule has 1 aromatic rings. The smallest absolute Gasteiger partial charge is 0.251 e. The topological polar surface area (TPSA) is 58.6 Å². The van der Waals surface area contributed by atoms with Crippen molar-refractivity contribution >= 4 is 5.91 Å². The normalized spacial score (nSPS) is 35.4. The Morgan fingerprint density at radius 1 is 1.24 bits per heavy atom. The van der Waals surface area contributed by atoms with Crippen LogP contribution < -0.4 is 10.1 Å². The van der Waals surface area contributed by atoms with Crippen LogP contribution in [0.1, 0.15) is 55.8 Å². The van der Waals surface area contributed by atoms with Crippen LogP contribution in [0.25, 0.3) is 0 Å². The zero-order valence-corrected chi connectivity index (χ0v) is 14.9. The Labute approximate surface area is 149 Å². The number of benzene rings is 1. The van der Waals surface area contributed by atoms with E-state index >= 15 is 0 Å². The molecule has 2 N–H and O–H groups in total. The van der Waals surface area contributed by atoms with Crippen LogP contribution in [0.2, 0.25) is 0 Å². The van der Waals surface area contributed by atoms with Crippen LogP contribution in [-0.2, 0) is 0 Å². The lowest BCUT2D eigenvalue weighted by Gasteiger charge is -2.60. The van der Waals surface area contributed by atoms with E-state index in [-0.39, 0.29) is 11.4 Å². The van der Waals surface area contributed by atoms with Crippen molar-refractivity contribution in [2.24, 2.45) is 11.8 Å². The number of aliphatic hydroxyl groups is 1. The first-order valence-corrected chi connectivity index (χ1v) is 9.27. The fraction of sp³-hybridized carbons (Fsp3) is 0.571. The molecular weight excluding hydrogens is 314 g/mol. The van der Waals surface area contributed by atoms with Crippen molar-refractivity contribution < 1.29 is 14.6 Å². The molecular formula is C21H27NO3. The number of amides is 1. The molecule has 0 radical (unpaired) electrons. The molecule has 0 saturated heterocycles. The fourth-order valence-corrected chi connectivity index (χ4v) is 5.58. The highest BCUT2D eigenvalue weighted by Gasteiger charge is 2.57. The highest BCUT2D eigenvalue weighted by Crippen LogP contribution is 2.57. The van der Waals surface area contributed by atoms with Crippen molar-refractivity contribution in [2.75, 3.05) is 6.61 Å². The molecule has 0 aliphatic heterocycles. The lowest BCUT2D eigenvalue weighted by molar-refractivity contribution is -0.139. The van der Waals surface area contributed by atoms with E-state index in [1.807, 2.05) is 19.1 Å². The minimum absolute atomic E-state index is 0.0444. The molecule has 4 heteroatoms. The monoisotopic (exact) mass is 341 g/mol. The van der Waals surface area contributed by atoms with Crippen LogP contribution in [-0.4, -0.2) is 28.8 Å². The average molecular weight is 341 g/mol. The van der Waals surface area contributed by atoms with Gasteiger partial charge >= 0.3 is 0 Å². The van der Waals surface area contributed by atoms with Gasteiger partial charge in [-0.3, -0.25) is 4.79 Å². The Hall–Kier alpha value is -1.81. The second-order valence-corrected chi connectivity index (χ2v) is 8.69. The molecule has 0 aromatic heterocycles. The van der Waals surface area contributed by atoms with E-state index in [4.69, 9.17) is 4.74 Å². The number of nitrogens with one attached hydrogen (secondary N) is 1. The van der Waals surface area contributed by atoms with E-state index in [0.29, 0.717) is 30.4 Å². The van der Waals surface area contributed by atoms with Crippen molar-refractivity contribution in [1.29, 1.82) is 0 Å². The molecule has 4 saturated carbocycles. The summed E-state index contributed by atoms with van der Waals surface area (Å²) >= 11 is 0. The van der Waals surface area contributed by atoms with Gasteiger partial charge in [-0.1, -0.05) is 6.58 Å². The molecule has 4 nitrogen and oxygen atoms in total. The van der Waals surface area contributed by atoms with Gasteiger partial charge in [0.15, 0.2) is 0 Å². The van der Waals surface area contributed by atoms with Gasteiger partial charge in [-0.15, -0.1) is 0 Å². The van der Waals surface area contributed by atoms with Crippen molar-refractivity contribution in [1.82, 2.24) is 5.32 Å². The molecule has 4 aliphatic rings. The molecule has 1 aromatic carbocycles. The van der Waals surface area contributed by atoms with Gasteiger partial charge in [-0.05, 0) is 87.1 Å². The predicted octanol–water partition coefficient (Wildman–Crippen LogP) is 3.46. The van der Waals surface area contributed by atoms with Crippen LogP contribution in [0.3, 0.4) is 0 Å². The lowest BCUT2D eigenvalue weighted by atomic mass is 9.51. The van der Waals surface area contributed by atoms with E-state index in [1.165, 1.54) is 6.42 Å². The van der Waals surface area contributed by atoms with Gasteiger partial charge in [0.2, 0.25) is 0 Å². The summed E-state index contributed by atoms with van der Waals surface area (Å²) in [6, 6.07) is 7.26. The number of carbonyl (C=O) groups is 1. The summed E-state index contributed by atoms with van der Waals surface area (Å²) < 4.78 is 5.59. The third-order valence-corrected chi connectivity index (χ3v) is 6.01. The van der Waals surface area contributed by atoms with Gasteiger partial charge in [0, 0.05) is 11.1 Å². The van der Waals surface area contributed by atoms with Crippen molar-refractivity contribution in [2.45, 2.75) is 56.6 Å². The maximum absolute atomic E-state index is 12.8. The number of hydrogen-bond acceptors (Lipinski definition) is 3. The Balaban J connectivity index is 1.44. The number of ether oxygens (including phenoxy) is 1. The second-order valence-electron chi connectivity index (χ2n) is 8.69. The maximum Gasteiger partial charge on any atom is 0.251 e. The Morgan fingerprint density at radius 2 is 1.88 bits per heavy atom. The maximum atomic E-state index is 12.8. The summed E-state index contributed by atoms with van der Waals surface area (Å²) in [5.41, 5.74) is 0.829. The quantitative estimate of drug-likeness (QED) is 0.807. The third-order valence-electron chi connectivity index (χ3n) is 6.01. The van der Waals surface area contributed by atoms with Gasteiger partial charge in [-0.25, -0.2) is 0 Å². The van der Waals surface area contributed by atoms with Crippen molar-refractivity contribution in [3.8, 4) is 5.75 Å². The van der Waals surface area contributed by atoms with Gasteiger partial charge < -0.3 is 15.2 Å². The fourth-order valence-electron chi connectivity index (χ4n) is 5.58. The van der Waals surface area contributed by atoms with Crippen LogP contribution in [0, 0.1) is 11.8 Å². The molecule has 1 amide bonds. The molecule has 4 atom stereocenters. The van der Waals surface area contributed by atoms with Crippen LogP contribution in [0.5, 0.6) is 5.75 Å². The molecule has 134 valence electrons. The standard InChI is InChI=1S/C21H27NO3/c1-14(2)12-25-18-5-3-17(4-6-18)19(23)22-20-8-15-7-16(9-20)11-21(24,10-15)13-20/h3-6,15-16,24H,1,7-13H2,2H3,(H,22,23)/t15-,16+,20?,21?. The third kappa shape index (κ3) is 3.32. The summed E-state index contributed by atoms with van der Waals surface area (Å²) in [6.07, 6.45) is 5.77. The van der Waals surface area contributed by atoms with Gasteiger partial charge in [0.1, 0.15) is 12.4 Å². The van der Waals surface area contributed by atoms with E-state index in [0.717, 1.165) is 37.0 Å². The Morgan fingerprint density at radius 3 is 2.44 bits per heavy atom. The molecule has 4 fully saturated rings. The molecule has 4 aliphatic carbocycles. The van der Waals surface area contributed by atoms with Crippen molar-refractivity contribution in [3.63, 3.8) is 0 Å². The van der Waals surface area contributed by atoms with E-state index in [9.17, 15) is 9.90 Å². The first-order chi connectivity index (χ1) is 11.8. The summed E-state index contributed by atoms with van der Waals surface area (Å²) in [5.74, 6) is 1.81. The highest BCUT2D eigenvalue weighted by molar-refractivity contribution is 5.94. The van der Waals surface area contributed by atoms with E-state index < -0.39 is 5.60 Å². The minimum atomic E-state index is -0.558. The van der Waals surface area contributed by atoms with E-state index in [1.54, 1.807) is 12.1 Å². The number of hydrogen-bond donors (Lipinski definition) is 2. The van der Waals surface area contributed by atoms with Crippen LogP contribution in [0.15, 0.2) is 36.4 Å². The summed E-state index contributed by atoms with van der Waals surface area (Å²) in [5, 5.41) is 14.1. The van der Waals surface area contributed by atoms with Crippen molar-refractivity contribution in [3.05, 3.63) is 42.0 Å². The zero-order valence-electron chi connectivity index (χ0n) is 14.9. The first kappa shape index (κ1) is 16.6. The first-order valence-electron chi connectivity index (χ1n) is 9.27. The lowest BCUT2D eigenvalue weighted by Crippen LogP contribution is -2.65. The zero-order chi connectivity index (χ0) is 17.7. The van der Waals surface area contributed by atoms with Crippen LogP contribution in [0.4, 0.5) is 0 Å². The molecule has 25 heavy (non-hydrogen) atoms. The number of rotatable bonds is 5. The SMILES string of the molecule is C=C(C)COc1ccc(C(=O)NC23C[C@@H]4C[C@@H](CC(O)(C4)C2)C3)cc1. The largest absolute Gasteiger partial charge is 0.489 e. The summed E-state index contributed by atoms with van der Waals surface area (Å²) in [6.45, 7) is 6.22. The van der Waals surface area contributed by atoms with Gasteiger partial charge in [-0.2, -0.15) is 0 Å². The second kappa shape index (κ2) is 5.87. The Bertz CT molecular complexity index is 680. The minimum Gasteiger partial charge on any atom is -0.489 e.